The number of fused-ring (bicyclic) bond motifs is 2. The number of carbonyl (C=O) groups is 1. The van der Waals surface area contributed by atoms with Gasteiger partial charge in [0.1, 0.15) is 18.3 Å². The lowest BCUT2D eigenvalue weighted by Gasteiger charge is -2.23. The van der Waals surface area contributed by atoms with Gasteiger partial charge in [-0.15, -0.1) is 5.10 Å². The molecule has 2 aliphatic carbocycles. The molecule has 3 fully saturated rings. The summed E-state index contributed by atoms with van der Waals surface area (Å²) in [6, 6.07) is 3.33. The van der Waals surface area contributed by atoms with Crippen molar-refractivity contribution >= 4 is 34.8 Å². The van der Waals surface area contributed by atoms with Gasteiger partial charge in [-0.05, 0) is 44.4 Å². The molecule has 2 N–H and O–H groups in total. The third kappa shape index (κ3) is 5.80. The second-order valence-corrected chi connectivity index (χ2v) is 12.1. The van der Waals surface area contributed by atoms with Gasteiger partial charge in [0.05, 0.1) is 25.4 Å². The van der Waals surface area contributed by atoms with E-state index < -0.39 is 35.7 Å². The Labute approximate surface area is 244 Å². The molecule has 3 aromatic rings. The van der Waals surface area contributed by atoms with E-state index in [1.807, 2.05) is 20.8 Å². The van der Waals surface area contributed by atoms with E-state index in [2.05, 4.69) is 20.6 Å². The van der Waals surface area contributed by atoms with Crippen LogP contribution in [0.15, 0.2) is 23.4 Å². The van der Waals surface area contributed by atoms with Crippen molar-refractivity contribution in [3.8, 4) is 0 Å². The monoisotopic (exact) mass is 606 g/mol. The number of amides is 1. The van der Waals surface area contributed by atoms with E-state index in [1.54, 1.807) is 4.68 Å². The highest BCUT2D eigenvalue weighted by Crippen LogP contribution is 2.46. The van der Waals surface area contributed by atoms with Crippen LogP contribution in [0.2, 0.25) is 0 Å². The summed E-state index contributed by atoms with van der Waals surface area (Å²) in [5, 5.41) is 21.1. The third-order valence-corrected chi connectivity index (χ3v) is 8.49. The molecule has 6 atom stereocenters. The predicted octanol–water partition coefficient (Wildman–Crippen LogP) is 3.95. The first-order valence-electron chi connectivity index (χ1n) is 13.9. The number of nitrogens with one attached hydrogen (secondary N) is 1. The van der Waals surface area contributed by atoms with Crippen molar-refractivity contribution in [1.29, 1.82) is 0 Å². The smallest absolute Gasteiger partial charge is 0.413 e. The molecule has 1 aromatic carbocycles. The minimum absolute atomic E-state index is 0.117. The maximum absolute atomic E-state index is 13.7. The first-order valence-corrected chi connectivity index (χ1v) is 14.9. The highest BCUT2D eigenvalue weighted by molar-refractivity contribution is 7.99. The summed E-state index contributed by atoms with van der Waals surface area (Å²) >= 11 is 1.43. The van der Waals surface area contributed by atoms with Gasteiger partial charge in [0.2, 0.25) is 0 Å². The first kappa shape index (κ1) is 29.1. The minimum Gasteiger partial charge on any atom is -0.445 e. The maximum Gasteiger partial charge on any atom is 0.413 e. The summed E-state index contributed by atoms with van der Waals surface area (Å²) in [5.41, 5.74) is 1.25. The van der Waals surface area contributed by atoms with Crippen LogP contribution in [0.4, 0.5) is 19.4 Å². The van der Waals surface area contributed by atoms with Gasteiger partial charge in [-0.1, -0.05) is 30.0 Å². The highest BCUT2D eigenvalue weighted by Gasteiger charge is 2.56. The molecule has 226 valence electrons. The number of ether oxygens (including phenoxy) is 4. The van der Waals surface area contributed by atoms with Gasteiger partial charge < -0.3 is 24.1 Å². The van der Waals surface area contributed by atoms with Crippen molar-refractivity contribution in [1.82, 2.24) is 25.0 Å². The average Bonchev–Trinajstić information content (AvgIpc) is 3.27. The molecule has 1 aliphatic heterocycles. The molecule has 0 radical (unpaired) electrons. The number of rotatable bonds is 10. The fraction of sp³-hybridized carbons (Fsp3) is 0.593. The van der Waals surface area contributed by atoms with E-state index in [9.17, 15) is 18.7 Å². The molecule has 6 rings (SSSR count). The molecular formula is C27H32F2N6O6S. The number of aliphatic hydroxyl groups excluding tert-OH is 1. The molecule has 12 nitrogen and oxygen atoms in total. The summed E-state index contributed by atoms with van der Waals surface area (Å²) in [5.74, 6) is -2.02. The zero-order chi connectivity index (χ0) is 29.6. The fourth-order valence-electron chi connectivity index (χ4n) is 5.55. The van der Waals surface area contributed by atoms with Gasteiger partial charge in [-0.25, -0.2) is 28.2 Å². The van der Waals surface area contributed by atoms with Gasteiger partial charge in [0.25, 0.3) is 0 Å². The highest BCUT2D eigenvalue weighted by atomic mass is 32.2. The Morgan fingerprint density at radius 1 is 1.19 bits per heavy atom. The quantitative estimate of drug-likeness (QED) is 0.256. The summed E-state index contributed by atoms with van der Waals surface area (Å²) < 4.78 is 52.4. The predicted molar refractivity (Wildman–Crippen MR) is 146 cm³/mol. The normalized spacial score (nSPS) is 27.8. The average molecular weight is 607 g/mol. The van der Waals surface area contributed by atoms with Crippen molar-refractivity contribution in [3.63, 3.8) is 0 Å². The Balaban J connectivity index is 1.24. The lowest BCUT2D eigenvalue weighted by Crippen LogP contribution is -2.31. The van der Waals surface area contributed by atoms with Crippen LogP contribution >= 0.6 is 11.8 Å². The molecule has 15 heteroatoms. The minimum atomic E-state index is -0.941. The molecular weight excluding hydrogens is 574 g/mol. The van der Waals surface area contributed by atoms with E-state index in [4.69, 9.17) is 23.9 Å². The summed E-state index contributed by atoms with van der Waals surface area (Å²) in [7, 11) is 0. The van der Waals surface area contributed by atoms with Crippen LogP contribution in [-0.2, 0) is 18.9 Å². The largest absolute Gasteiger partial charge is 0.445 e. The third-order valence-electron chi connectivity index (χ3n) is 7.44. The molecule has 3 aliphatic rings. The Bertz CT molecular complexity index is 1480. The van der Waals surface area contributed by atoms with Gasteiger partial charge in [-0.3, -0.25) is 5.32 Å². The van der Waals surface area contributed by atoms with Crippen molar-refractivity contribution in [2.24, 2.45) is 0 Å². The number of thioether (sulfide) groups is 1. The summed E-state index contributed by atoms with van der Waals surface area (Å²) in [6.07, 6.45) is -0.475. The number of aromatic nitrogens is 5. The Morgan fingerprint density at radius 2 is 2.00 bits per heavy atom. The molecule has 42 heavy (non-hydrogen) atoms. The number of hydrogen-bond donors (Lipinski definition) is 2. The topological polar surface area (TPSA) is 143 Å². The molecule has 0 unspecified atom stereocenters. The van der Waals surface area contributed by atoms with Crippen LogP contribution in [0.1, 0.15) is 57.6 Å². The number of halogens is 2. The lowest BCUT2D eigenvalue weighted by molar-refractivity contribution is -0.171. The van der Waals surface area contributed by atoms with E-state index in [-0.39, 0.29) is 48.7 Å². The molecule has 3 heterocycles. The van der Waals surface area contributed by atoms with Gasteiger partial charge in [0, 0.05) is 18.1 Å². The van der Waals surface area contributed by atoms with Crippen molar-refractivity contribution in [2.75, 3.05) is 24.3 Å². The number of hydrogen-bond acceptors (Lipinski definition) is 11. The molecule has 1 amide bonds. The molecule has 2 aromatic heterocycles. The van der Waals surface area contributed by atoms with E-state index >= 15 is 0 Å². The van der Waals surface area contributed by atoms with Crippen LogP contribution < -0.4 is 5.32 Å². The first-order chi connectivity index (χ1) is 20.2. The number of benzene rings is 1. The van der Waals surface area contributed by atoms with Gasteiger partial charge in [0.15, 0.2) is 39.6 Å². The van der Waals surface area contributed by atoms with E-state index in [0.29, 0.717) is 29.2 Å². The van der Waals surface area contributed by atoms with Crippen LogP contribution in [0.5, 0.6) is 0 Å². The second-order valence-electron chi connectivity index (χ2n) is 11.0. The van der Waals surface area contributed by atoms with Crippen molar-refractivity contribution in [3.05, 3.63) is 35.4 Å². The molecule has 0 spiro atoms. The van der Waals surface area contributed by atoms with E-state index in [1.165, 1.54) is 17.8 Å². The summed E-state index contributed by atoms with van der Waals surface area (Å²) in [4.78, 5) is 22.1. The fourth-order valence-corrected chi connectivity index (χ4v) is 6.25. The standard InChI is InChI=1S/C27H32F2N6O6S/c1-4-9-42-25-30-23(31-26(37)39-18-11-14(18)13-5-6-15(28)16(29)10-13)20-24(32-25)35(34-33-20)17-12-19(38-8-7-36)22-21(17)40-27(2,3)41-22/h5-6,10,14,17-19,21-22,36H,4,7-9,11-12H2,1-3H3,(H,30,31,32,37)/t14-,17+,18+,19-,21-,22+/m0/s1. The number of nitrogens with zero attached hydrogens (tertiary/aromatic N) is 5. The number of anilines is 1. The SMILES string of the molecule is CCCSc1nc(NC(=O)O[C@@H]2C[C@H]2c2ccc(F)c(F)c2)c2nnn([C@@H]3C[C@H](OCCO)[C@H]4OC(C)(C)O[C@H]43)c2n1. The summed E-state index contributed by atoms with van der Waals surface area (Å²) in [6.45, 7) is 5.75. The number of carbonyl (C=O) groups excluding carboxylic acids is 1. The molecule has 2 saturated carbocycles. The maximum atomic E-state index is 13.7. The lowest BCUT2D eigenvalue weighted by atomic mass is 10.1. The molecule has 1 saturated heterocycles. The Morgan fingerprint density at radius 3 is 2.76 bits per heavy atom. The van der Waals surface area contributed by atoms with Gasteiger partial charge >= 0.3 is 6.09 Å². The van der Waals surface area contributed by atoms with Crippen LogP contribution in [-0.4, -0.2) is 85.3 Å². The van der Waals surface area contributed by atoms with Crippen LogP contribution in [0.25, 0.3) is 11.2 Å². The van der Waals surface area contributed by atoms with Crippen LogP contribution in [0.3, 0.4) is 0 Å². The molecule has 0 bridgehead atoms. The Kier molecular flexibility index (Phi) is 8.04. The number of aliphatic hydroxyl groups is 1. The van der Waals surface area contributed by atoms with Crippen molar-refractivity contribution < 1.29 is 37.6 Å². The van der Waals surface area contributed by atoms with Gasteiger partial charge in [-0.2, -0.15) is 0 Å². The zero-order valence-corrected chi connectivity index (χ0v) is 24.1. The van der Waals surface area contributed by atoms with Crippen LogP contribution in [0, 0.1) is 11.6 Å². The second kappa shape index (κ2) is 11.6. The van der Waals surface area contributed by atoms with E-state index in [0.717, 1.165) is 24.3 Å². The Hall–Kier alpha value is -2.98. The van der Waals surface area contributed by atoms with Crippen molar-refractivity contribution in [2.45, 2.75) is 87.4 Å². The zero-order valence-electron chi connectivity index (χ0n) is 23.3.